The molecule has 2 atom stereocenters. The lowest BCUT2D eigenvalue weighted by molar-refractivity contribution is 0.100. The van der Waals surface area contributed by atoms with Crippen molar-refractivity contribution in [1.82, 2.24) is 14.9 Å². The highest BCUT2D eigenvalue weighted by Gasteiger charge is 2.37. The van der Waals surface area contributed by atoms with E-state index in [1.807, 2.05) is 19.1 Å². The molecule has 2 aromatic heterocycles. The molecular formula is C24H29Cl2N5O2. The van der Waals surface area contributed by atoms with Crippen LogP contribution >= 0.6 is 23.2 Å². The number of oxazole rings is 1. The lowest BCUT2D eigenvalue weighted by atomic mass is 9.81. The van der Waals surface area contributed by atoms with Crippen LogP contribution in [0, 0.1) is 11.8 Å². The van der Waals surface area contributed by atoms with Gasteiger partial charge in [-0.2, -0.15) is 4.98 Å². The Hall–Kier alpha value is -2.06. The number of hydrogen-bond acceptors (Lipinski definition) is 7. The van der Waals surface area contributed by atoms with Gasteiger partial charge in [-0.25, -0.2) is 0 Å². The first-order chi connectivity index (χ1) is 16.0. The van der Waals surface area contributed by atoms with Crippen molar-refractivity contribution in [2.45, 2.75) is 25.8 Å². The smallest absolute Gasteiger partial charge is 0.298 e. The fraction of sp³-hybridized carbons (Fsp3) is 0.500. The monoisotopic (exact) mass is 489 g/mol. The van der Waals surface area contributed by atoms with Gasteiger partial charge in [0.1, 0.15) is 5.52 Å². The zero-order valence-corrected chi connectivity index (χ0v) is 20.2. The fourth-order valence-electron chi connectivity index (χ4n) is 5.03. The number of anilines is 2. The number of aliphatic hydroxyl groups excluding tert-OH is 1. The van der Waals surface area contributed by atoms with E-state index >= 15 is 0 Å². The van der Waals surface area contributed by atoms with Crippen LogP contribution in [0.2, 0.25) is 10.0 Å². The van der Waals surface area contributed by atoms with Gasteiger partial charge in [0.2, 0.25) is 0 Å². The number of halogens is 2. The Morgan fingerprint density at radius 1 is 1.21 bits per heavy atom. The number of benzene rings is 1. The lowest BCUT2D eigenvalue weighted by Gasteiger charge is -2.45. The topological polar surface area (TPSA) is 77.7 Å². The highest BCUT2D eigenvalue weighted by Crippen LogP contribution is 2.37. The van der Waals surface area contributed by atoms with Crippen molar-refractivity contribution in [2.75, 3.05) is 49.5 Å². The van der Waals surface area contributed by atoms with Crippen molar-refractivity contribution in [3.05, 3.63) is 46.2 Å². The molecule has 7 nitrogen and oxygen atoms in total. The molecule has 0 saturated carbocycles. The van der Waals surface area contributed by atoms with Crippen molar-refractivity contribution < 1.29 is 9.52 Å². The SMILES string of the molecule is C[C@@H](Nc1cncc2nc(N3CC([C@H]4CCCN(CCO)C4)C3)oc12)c1ccc(Cl)cc1Cl. The number of aliphatic hydroxyl groups is 1. The molecule has 2 aliphatic heterocycles. The summed E-state index contributed by atoms with van der Waals surface area (Å²) in [6.07, 6.45) is 5.96. The third-order valence-electron chi connectivity index (χ3n) is 6.89. The van der Waals surface area contributed by atoms with Crippen LogP contribution in [0.5, 0.6) is 0 Å². The number of rotatable bonds is 7. The second kappa shape index (κ2) is 9.66. The van der Waals surface area contributed by atoms with Gasteiger partial charge in [0.15, 0.2) is 5.58 Å². The minimum absolute atomic E-state index is 0.0581. The number of aromatic nitrogens is 2. The Morgan fingerprint density at radius 3 is 2.85 bits per heavy atom. The molecule has 33 heavy (non-hydrogen) atoms. The molecule has 0 bridgehead atoms. The molecule has 2 fully saturated rings. The van der Waals surface area contributed by atoms with Crippen LogP contribution in [0.3, 0.4) is 0 Å². The van der Waals surface area contributed by atoms with Crippen molar-refractivity contribution in [3.63, 3.8) is 0 Å². The Kier molecular flexibility index (Phi) is 6.65. The number of nitrogens with zero attached hydrogens (tertiary/aromatic N) is 4. The quantitative estimate of drug-likeness (QED) is 0.491. The number of nitrogens with one attached hydrogen (secondary N) is 1. The third-order valence-corrected chi connectivity index (χ3v) is 7.46. The Balaban J connectivity index is 1.27. The summed E-state index contributed by atoms with van der Waals surface area (Å²) in [6.45, 7) is 7.14. The first-order valence-electron chi connectivity index (χ1n) is 11.6. The van der Waals surface area contributed by atoms with Gasteiger partial charge in [0.05, 0.1) is 30.7 Å². The molecule has 5 rings (SSSR count). The first kappa shape index (κ1) is 22.7. The molecule has 2 N–H and O–H groups in total. The molecule has 1 aromatic carbocycles. The maximum atomic E-state index is 9.25. The predicted octanol–water partition coefficient (Wildman–Crippen LogP) is 4.84. The van der Waals surface area contributed by atoms with E-state index in [4.69, 9.17) is 32.6 Å². The Labute approximate surface area is 203 Å². The number of β-amino-alcohol motifs (C(OH)–C–C–N with tert-alkyl or cyclic N) is 1. The van der Waals surface area contributed by atoms with Gasteiger partial charge in [-0.1, -0.05) is 29.3 Å². The summed E-state index contributed by atoms with van der Waals surface area (Å²) in [5.41, 5.74) is 3.17. The average Bonchev–Trinajstić information content (AvgIpc) is 3.18. The number of piperidine rings is 1. The predicted molar refractivity (Wildman–Crippen MR) is 132 cm³/mol. The van der Waals surface area contributed by atoms with E-state index in [1.54, 1.807) is 18.5 Å². The summed E-state index contributed by atoms with van der Waals surface area (Å²) < 4.78 is 6.20. The minimum atomic E-state index is -0.0581. The van der Waals surface area contributed by atoms with E-state index in [9.17, 15) is 5.11 Å². The van der Waals surface area contributed by atoms with Crippen LogP contribution in [0.15, 0.2) is 35.0 Å². The molecular weight excluding hydrogens is 461 g/mol. The standard InChI is InChI=1S/C24H29Cl2N5O2/c1-15(19-5-4-18(25)9-20(19)26)28-21-10-27-11-22-23(21)33-24(29-22)31-13-17(14-31)16-3-2-6-30(12-16)7-8-32/h4-5,9-11,15-17,28,32H,2-3,6-8,12-14H2,1H3/t15-,16+/m1/s1. The second-order valence-electron chi connectivity index (χ2n) is 9.16. The molecule has 0 aliphatic carbocycles. The van der Waals surface area contributed by atoms with Crippen LogP contribution in [0.1, 0.15) is 31.4 Å². The van der Waals surface area contributed by atoms with Gasteiger partial charge in [-0.15, -0.1) is 0 Å². The molecule has 0 amide bonds. The summed E-state index contributed by atoms with van der Waals surface area (Å²) in [6, 6.07) is 6.10. The molecule has 0 spiro atoms. The Morgan fingerprint density at radius 2 is 2.06 bits per heavy atom. The number of likely N-dealkylation sites (tertiary alicyclic amines) is 1. The minimum Gasteiger partial charge on any atom is -0.421 e. The molecule has 2 saturated heterocycles. The van der Waals surface area contributed by atoms with Crippen LogP contribution in [0.4, 0.5) is 11.7 Å². The molecule has 2 aliphatic rings. The van der Waals surface area contributed by atoms with E-state index in [0.29, 0.717) is 33.5 Å². The lowest BCUT2D eigenvalue weighted by Crippen LogP contribution is -2.53. The largest absolute Gasteiger partial charge is 0.421 e. The highest BCUT2D eigenvalue weighted by molar-refractivity contribution is 6.35. The second-order valence-corrected chi connectivity index (χ2v) is 10.00. The molecule has 9 heteroatoms. The van der Waals surface area contributed by atoms with Crippen molar-refractivity contribution >= 4 is 46.0 Å². The van der Waals surface area contributed by atoms with E-state index in [1.165, 1.54) is 12.8 Å². The van der Waals surface area contributed by atoms with E-state index in [-0.39, 0.29) is 12.6 Å². The van der Waals surface area contributed by atoms with E-state index < -0.39 is 0 Å². The third kappa shape index (κ3) is 4.78. The van der Waals surface area contributed by atoms with E-state index in [2.05, 4.69) is 20.1 Å². The van der Waals surface area contributed by atoms with Gasteiger partial charge in [-0.3, -0.25) is 4.98 Å². The van der Waals surface area contributed by atoms with Crippen LogP contribution in [-0.4, -0.2) is 59.3 Å². The Bertz CT molecular complexity index is 1120. The molecule has 0 radical (unpaired) electrons. The molecule has 176 valence electrons. The number of pyridine rings is 1. The van der Waals surface area contributed by atoms with Crippen LogP contribution in [0.25, 0.3) is 11.1 Å². The average molecular weight is 490 g/mol. The van der Waals surface area contributed by atoms with Crippen molar-refractivity contribution in [2.24, 2.45) is 11.8 Å². The summed E-state index contributed by atoms with van der Waals surface area (Å²) in [5.74, 6) is 1.32. The van der Waals surface area contributed by atoms with Crippen LogP contribution < -0.4 is 10.2 Å². The van der Waals surface area contributed by atoms with E-state index in [0.717, 1.165) is 49.5 Å². The fourth-order valence-corrected chi connectivity index (χ4v) is 5.60. The molecule has 4 heterocycles. The van der Waals surface area contributed by atoms with Gasteiger partial charge in [0, 0.05) is 36.2 Å². The zero-order valence-electron chi connectivity index (χ0n) is 18.7. The number of fused-ring (bicyclic) bond motifs is 1. The van der Waals surface area contributed by atoms with Crippen LogP contribution in [-0.2, 0) is 0 Å². The molecule has 3 aromatic rings. The van der Waals surface area contributed by atoms with Crippen molar-refractivity contribution in [3.8, 4) is 0 Å². The first-order valence-corrected chi connectivity index (χ1v) is 12.3. The van der Waals surface area contributed by atoms with Crippen molar-refractivity contribution in [1.29, 1.82) is 0 Å². The highest BCUT2D eigenvalue weighted by atomic mass is 35.5. The summed E-state index contributed by atoms with van der Waals surface area (Å²) in [4.78, 5) is 13.6. The maximum absolute atomic E-state index is 9.25. The zero-order chi connectivity index (χ0) is 22.9. The summed E-state index contributed by atoms with van der Waals surface area (Å²) in [5, 5.41) is 13.9. The summed E-state index contributed by atoms with van der Waals surface area (Å²) in [7, 11) is 0. The normalized spacial score (nSPS) is 20.7. The van der Waals surface area contributed by atoms with Gasteiger partial charge < -0.3 is 24.6 Å². The summed E-state index contributed by atoms with van der Waals surface area (Å²) >= 11 is 12.4. The number of hydrogen-bond donors (Lipinski definition) is 2. The van der Waals surface area contributed by atoms with Gasteiger partial charge in [0.25, 0.3) is 6.01 Å². The maximum Gasteiger partial charge on any atom is 0.298 e. The van der Waals surface area contributed by atoms with Gasteiger partial charge in [-0.05, 0) is 55.8 Å². The van der Waals surface area contributed by atoms with Gasteiger partial charge >= 0.3 is 0 Å². The molecule has 0 unspecified atom stereocenters.